The van der Waals surface area contributed by atoms with Gasteiger partial charge in [-0.15, -0.1) is 0 Å². The van der Waals surface area contributed by atoms with Crippen LogP contribution in [0.5, 0.6) is 0 Å². The van der Waals surface area contributed by atoms with Gasteiger partial charge in [0.2, 0.25) is 5.91 Å². The molecule has 4 nitrogen and oxygen atoms in total. The van der Waals surface area contributed by atoms with Gasteiger partial charge in [0, 0.05) is 33.2 Å². The topological polar surface area (TPSA) is 50.4 Å². The first kappa shape index (κ1) is 14.4. The van der Waals surface area contributed by atoms with Crippen molar-refractivity contribution in [3.63, 3.8) is 0 Å². The summed E-state index contributed by atoms with van der Waals surface area (Å²) in [6.45, 7) is 3.61. The third-order valence-electron chi connectivity index (χ3n) is 2.34. The number of unbranched alkanes of at least 4 members (excludes halogenated alkanes) is 1. The normalized spacial score (nSPS) is 12.5. The largest absolute Gasteiger partial charge is 0.383 e. The van der Waals surface area contributed by atoms with Crippen LogP contribution in [0.2, 0.25) is 0 Å². The highest BCUT2D eigenvalue weighted by Crippen LogP contribution is 2.00. The summed E-state index contributed by atoms with van der Waals surface area (Å²) in [5.74, 6) is 0.0779. The summed E-state index contributed by atoms with van der Waals surface area (Å²) in [4.78, 5) is 11.0. The molecule has 0 aromatic rings. The molecule has 90 valence electrons. The number of hydrogen-bond donors (Lipinski definition) is 2. The third kappa shape index (κ3) is 8.39. The van der Waals surface area contributed by atoms with Crippen molar-refractivity contribution in [1.29, 1.82) is 0 Å². The first-order valence-electron chi connectivity index (χ1n) is 5.67. The Labute approximate surface area is 92.8 Å². The van der Waals surface area contributed by atoms with Crippen LogP contribution in [0.15, 0.2) is 0 Å². The molecule has 1 unspecified atom stereocenters. The van der Waals surface area contributed by atoms with E-state index < -0.39 is 0 Å². The van der Waals surface area contributed by atoms with Crippen LogP contribution < -0.4 is 10.6 Å². The maximum Gasteiger partial charge on any atom is 0.221 e. The van der Waals surface area contributed by atoms with E-state index in [4.69, 9.17) is 4.74 Å². The van der Waals surface area contributed by atoms with Gasteiger partial charge < -0.3 is 15.4 Å². The van der Waals surface area contributed by atoms with E-state index in [1.54, 1.807) is 14.2 Å². The van der Waals surface area contributed by atoms with Crippen LogP contribution in [0.3, 0.4) is 0 Å². The second-order valence-corrected chi connectivity index (χ2v) is 3.67. The summed E-state index contributed by atoms with van der Waals surface area (Å²) in [6.07, 6.45) is 4.03. The number of hydrogen-bond acceptors (Lipinski definition) is 3. The Morgan fingerprint density at radius 2 is 2.20 bits per heavy atom. The molecule has 2 N–H and O–H groups in total. The average Bonchev–Trinajstić information content (AvgIpc) is 2.25. The molecule has 1 amide bonds. The maximum atomic E-state index is 11.0. The molecular formula is C11H24N2O2. The standard InChI is InChI=1S/C11H24N2O2/c1-4-5-6-10(9-15-3)13-8-7-11(14)12-2/h10,13H,4-9H2,1-3H3,(H,12,14). The Hall–Kier alpha value is -0.610. The summed E-state index contributed by atoms with van der Waals surface area (Å²) in [7, 11) is 3.37. The van der Waals surface area contributed by atoms with Gasteiger partial charge in [0.1, 0.15) is 0 Å². The second-order valence-electron chi connectivity index (χ2n) is 3.67. The van der Waals surface area contributed by atoms with Gasteiger partial charge in [-0.25, -0.2) is 0 Å². The van der Waals surface area contributed by atoms with Gasteiger partial charge in [-0.05, 0) is 6.42 Å². The summed E-state index contributed by atoms with van der Waals surface area (Å²) >= 11 is 0. The van der Waals surface area contributed by atoms with Crippen LogP contribution in [0.25, 0.3) is 0 Å². The molecule has 4 heteroatoms. The fourth-order valence-corrected chi connectivity index (χ4v) is 1.41. The number of amides is 1. The zero-order valence-electron chi connectivity index (χ0n) is 10.1. The van der Waals surface area contributed by atoms with Crippen molar-refractivity contribution in [1.82, 2.24) is 10.6 Å². The lowest BCUT2D eigenvalue weighted by molar-refractivity contribution is -0.120. The van der Waals surface area contributed by atoms with Gasteiger partial charge in [-0.3, -0.25) is 4.79 Å². The molecule has 0 aromatic carbocycles. The van der Waals surface area contributed by atoms with Crippen molar-refractivity contribution in [3.8, 4) is 0 Å². The molecule has 0 bridgehead atoms. The Morgan fingerprint density at radius 1 is 1.47 bits per heavy atom. The first-order chi connectivity index (χ1) is 7.24. The van der Waals surface area contributed by atoms with Crippen molar-refractivity contribution in [2.75, 3.05) is 27.3 Å². The second kappa shape index (κ2) is 9.93. The lowest BCUT2D eigenvalue weighted by atomic mass is 10.1. The minimum absolute atomic E-state index is 0.0779. The van der Waals surface area contributed by atoms with Crippen molar-refractivity contribution in [2.45, 2.75) is 38.6 Å². The van der Waals surface area contributed by atoms with Crippen LogP contribution in [-0.4, -0.2) is 39.3 Å². The fraction of sp³-hybridized carbons (Fsp3) is 0.909. The van der Waals surface area contributed by atoms with Crippen molar-refractivity contribution in [3.05, 3.63) is 0 Å². The predicted molar refractivity (Wildman–Crippen MR) is 61.9 cm³/mol. The minimum Gasteiger partial charge on any atom is -0.383 e. The molecule has 0 aliphatic carbocycles. The van der Waals surface area contributed by atoms with E-state index >= 15 is 0 Å². The Kier molecular flexibility index (Phi) is 9.52. The van der Waals surface area contributed by atoms with E-state index in [1.807, 2.05) is 0 Å². The van der Waals surface area contributed by atoms with Gasteiger partial charge in [0.25, 0.3) is 0 Å². The zero-order valence-corrected chi connectivity index (χ0v) is 10.1. The Morgan fingerprint density at radius 3 is 2.73 bits per heavy atom. The smallest absolute Gasteiger partial charge is 0.221 e. The summed E-state index contributed by atoms with van der Waals surface area (Å²) in [5.41, 5.74) is 0. The predicted octanol–water partition coefficient (Wildman–Crippen LogP) is 0.917. The van der Waals surface area contributed by atoms with Crippen molar-refractivity contribution >= 4 is 5.91 Å². The molecule has 0 radical (unpaired) electrons. The quantitative estimate of drug-likeness (QED) is 0.602. The number of rotatable bonds is 9. The summed E-state index contributed by atoms with van der Waals surface area (Å²) in [6, 6.07) is 0.375. The summed E-state index contributed by atoms with van der Waals surface area (Å²) in [5, 5.41) is 5.94. The highest BCUT2D eigenvalue weighted by Gasteiger charge is 2.07. The van der Waals surface area contributed by atoms with E-state index in [-0.39, 0.29) is 5.91 Å². The lowest BCUT2D eigenvalue weighted by Crippen LogP contribution is -2.35. The number of methoxy groups -OCH3 is 1. The molecule has 0 saturated carbocycles. The van der Waals surface area contributed by atoms with E-state index in [0.29, 0.717) is 19.1 Å². The van der Waals surface area contributed by atoms with Gasteiger partial charge in [0.05, 0.1) is 6.61 Å². The molecule has 0 aliphatic heterocycles. The fourth-order valence-electron chi connectivity index (χ4n) is 1.41. The highest BCUT2D eigenvalue weighted by atomic mass is 16.5. The lowest BCUT2D eigenvalue weighted by Gasteiger charge is -2.17. The van der Waals surface area contributed by atoms with Gasteiger partial charge in [-0.2, -0.15) is 0 Å². The van der Waals surface area contributed by atoms with Crippen LogP contribution >= 0.6 is 0 Å². The molecule has 0 aromatic heterocycles. The van der Waals surface area contributed by atoms with Crippen molar-refractivity contribution in [2.24, 2.45) is 0 Å². The Balaban J connectivity index is 3.60. The Bertz CT molecular complexity index is 163. The molecule has 0 aliphatic rings. The number of carbonyl (C=O) groups excluding carboxylic acids is 1. The van der Waals surface area contributed by atoms with E-state index in [2.05, 4.69) is 17.6 Å². The van der Waals surface area contributed by atoms with E-state index in [0.717, 1.165) is 13.0 Å². The van der Waals surface area contributed by atoms with Crippen LogP contribution in [0.1, 0.15) is 32.6 Å². The van der Waals surface area contributed by atoms with Gasteiger partial charge >= 0.3 is 0 Å². The molecule has 0 saturated heterocycles. The van der Waals surface area contributed by atoms with Gasteiger partial charge in [-0.1, -0.05) is 19.8 Å². The molecule has 0 rings (SSSR count). The summed E-state index contributed by atoms with van der Waals surface area (Å²) < 4.78 is 5.12. The van der Waals surface area contributed by atoms with E-state index in [1.165, 1.54) is 12.8 Å². The van der Waals surface area contributed by atoms with Crippen LogP contribution in [-0.2, 0) is 9.53 Å². The number of ether oxygens (including phenoxy) is 1. The molecule has 0 fully saturated rings. The van der Waals surface area contributed by atoms with E-state index in [9.17, 15) is 4.79 Å². The first-order valence-corrected chi connectivity index (χ1v) is 5.67. The van der Waals surface area contributed by atoms with Gasteiger partial charge in [0.15, 0.2) is 0 Å². The number of carbonyl (C=O) groups is 1. The molecular weight excluding hydrogens is 192 g/mol. The average molecular weight is 216 g/mol. The van der Waals surface area contributed by atoms with Crippen LogP contribution in [0.4, 0.5) is 0 Å². The maximum absolute atomic E-state index is 11.0. The molecule has 0 heterocycles. The zero-order chi connectivity index (χ0) is 11.5. The molecule has 0 spiro atoms. The molecule has 1 atom stereocenters. The monoisotopic (exact) mass is 216 g/mol. The minimum atomic E-state index is 0.0779. The van der Waals surface area contributed by atoms with Crippen LogP contribution in [0, 0.1) is 0 Å². The SMILES string of the molecule is CCCCC(COC)NCCC(=O)NC. The molecule has 15 heavy (non-hydrogen) atoms. The third-order valence-corrected chi connectivity index (χ3v) is 2.34. The highest BCUT2D eigenvalue weighted by molar-refractivity contribution is 5.75. The number of nitrogens with one attached hydrogen (secondary N) is 2. The van der Waals surface area contributed by atoms with Crippen molar-refractivity contribution < 1.29 is 9.53 Å².